The van der Waals surface area contributed by atoms with E-state index in [1.165, 1.54) is 0 Å². The van der Waals surface area contributed by atoms with Crippen LogP contribution in [0.1, 0.15) is 25.3 Å². The average Bonchev–Trinajstić information content (AvgIpc) is 3.59. The smallest absolute Gasteiger partial charge is 0.217 e. The molecule has 0 radical (unpaired) electrons. The fourth-order valence-electron chi connectivity index (χ4n) is 5.53. The number of aromatic nitrogens is 5. The number of nitrogens with one attached hydrogen (secondary N) is 2. The second-order valence-electron chi connectivity index (χ2n) is 9.40. The van der Waals surface area contributed by atoms with Crippen LogP contribution in [0.25, 0.3) is 27.5 Å². The largest absolute Gasteiger partial charge is 0.387 e. The highest BCUT2D eigenvalue weighted by Gasteiger charge is 2.43. The van der Waals surface area contributed by atoms with E-state index in [0.717, 1.165) is 64.2 Å². The predicted molar refractivity (Wildman–Crippen MR) is 138 cm³/mol. The molecular formula is C25H25N9OS. The molecule has 2 N–H and O–H groups in total. The predicted octanol–water partition coefficient (Wildman–Crippen LogP) is 3.18. The molecular weight excluding hydrogens is 474 g/mol. The van der Waals surface area contributed by atoms with Crippen molar-refractivity contribution < 1.29 is 4.79 Å². The van der Waals surface area contributed by atoms with E-state index in [0.29, 0.717) is 17.4 Å². The standard InChI is InChI=1S/C25H25N9OS/c1-14(35)30-23-16-3-4-17(23)13-33(12-16)25-32-31-24(36-25)19-11-28-21(8-20(19)27-2)22-6-5-18-7-15(9-26)10-29-34(18)22/h5-8,10-11,16-17,23H,3-4,12-13H2,1-2H3,(H,27,28)(H,30,35)/t16-,17+,23?. The van der Waals surface area contributed by atoms with Crippen LogP contribution < -0.4 is 15.5 Å². The van der Waals surface area contributed by atoms with Gasteiger partial charge >= 0.3 is 0 Å². The van der Waals surface area contributed by atoms with Crippen molar-refractivity contribution in [2.45, 2.75) is 25.8 Å². The first-order chi connectivity index (χ1) is 17.5. The Hall–Kier alpha value is -4.04. The van der Waals surface area contributed by atoms with Crippen LogP contribution in [-0.4, -0.2) is 56.9 Å². The van der Waals surface area contributed by atoms with Crippen molar-refractivity contribution in [3.8, 4) is 28.0 Å². The van der Waals surface area contributed by atoms with Gasteiger partial charge in [-0.1, -0.05) is 11.3 Å². The zero-order valence-corrected chi connectivity index (χ0v) is 20.8. The SMILES string of the molecule is CNc1cc(-c2ccc3cc(C#N)cnn23)ncc1-c1nnc(N2C[C@H]3CC[C@@H](C2)C3NC(C)=O)s1. The van der Waals surface area contributed by atoms with Gasteiger partial charge in [-0.15, -0.1) is 10.2 Å². The zero-order valence-electron chi connectivity index (χ0n) is 20.0. The van der Waals surface area contributed by atoms with Gasteiger partial charge in [-0.3, -0.25) is 9.78 Å². The van der Waals surface area contributed by atoms with Crippen molar-refractivity contribution in [2.24, 2.45) is 11.8 Å². The number of nitriles is 1. The number of piperidine rings is 1. The Morgan fingerprint density at radius 1 is 1.17 bits per heavy atom. The first-order valence-corrected chi connectivity index (χ1v) is 12.8. The van der Waals surface area contributed by atoms with Gasteiger partial charge < -0.3 is 15.5 Å². The molecule has 0 spiro atoms. The molecule has 6 rings (SSSR count). The summed E-state index contributed by atoms with van der Waals surface area (Å²) >= 11 is 1.57. The summed E-state index contributed by atoms with van der Waals surface area (Å²) in [5, 5.41) is 30.7. The van der Waals surface area contributed by atoms with Crippen LogP contribution in [0.15, 0.2) is 36.7 Å². The number of hydrogen-bond acceptors (Lipinski definition) is 9. The molecule has 5 heterocycles. The average molecular weight is 500 g/mol. The topological polar surface area (TPSA) is 124 Å². The van der Waals surface area contributed by atoms with Gasteiger partial charge in [0.05, 0.1) is 34.2 Å². The fourth-order valence-corrected chi connectivity index (χ4v) is 6.42. The maximum Gasteiger partial charge on any atom is 0.217 e. The van der Waals surface area contributed by atoms with Crippen molar-refractivity contribution in [1.29, 1.82) is 5.26 Å². The van der Waals surface area contributed by atoms with Crippen molar-refractivity contribution in [3.63, 3.8) is 0 Å². The van der Waals surface area contributed by atoms with Crippen LogP contribution >= 0.6 is 11.3 Å². The summed E-state index contributed by atoms with van der Waals surface area (Å²) in [6.45, 7) is 3.36. The zero-order chi connectivity index (χ0) is 24.8. The number of hydrogen-bond donors (Lipinski definition) is 2. The van der Waals surface area contributed by atoms with Crippen molar-refractivity contribution in [2.75, 3.05) is 30.4 Å². The molecule has 36 heavy (non-hydrogen) atoms. The van der Waals surface area contributed by atoms with E-state index in [1.54, 1.807) is 35.0 Å². The van der Waals surface area contributed by atoms with Gasteiger partial charge in [-0.25, -0.2) is 4.52 Å². The monoisotopic (exact) mass is 499 g/mol. The molecule has 2 fully saturated rings. The fraction of sp³-hybridized carbons (Fsp3) is 0.360. The van der Waals surface area contributed by atoms with Crippen LogP contribution in [0, 0.1) is 23.2 Å². The first-order valence-electron chi connectivity index (χ1n) is 12.0. The lowest BCUT2D eigenvalue weighted by atomic mass is 9.92. The third-order valence-electron chi connectivity index (χ3n) is 7.18. The van der Waals surface area contributed by atoms with Crippen molar-refractivity contribution >= 4 is 33.6 Å². The molecule has 10 nitrogen and oxygen atoms in total. The summed E-state index contributed by atoms with van der Waals surface area (Å²) in [7, 11) is 1.88. The van der Waals surface area contributed by atoms with Crippen LogP contribution in [0.4, 0.5) is 10.8 Å². The Labute approximate surface area is 212 Å². The summed E-state index contributed by atoms with van der Waals surface area (Å²) in [6, 6.07) is 10.1. The van der Waals surface area contributed by atoms with E-state index in [9.17, 15) is 4.79 Å². The molecule has 2 aliphatic rings. The van der Waals surface area contributed by atoms with Gasteiger partial charge in [0, 0.05) is 45.0 Å². The number of nitrogens with zero attached hydrogens (tertiary/aromatic N) is 7. The molecule has 1 unspecified atom stereocenters. The highest BCUT2D eigenvalue weighted by molar-refractivity contribution is 7.18. The number of pyridine rings is 1. The summed E-state index contributed by atoms with van der Waals surface area (Å²) in [5.41, 5.74) is 4.75. The lowest BCUT2D eigenvalue weighted by Gasteiger charge is -2.37. The molecule has 1 amide bonds. The molecule has 1 saturated heterocycles. The van der Waals surface area contributed by atoms with Crippen molar-refractivity contribution in [3.05, 3.63) is 42.2 Å². The van der Waals surface area contributed by atoms with Crippen LogP contribution in [0.2, 0.25) is 0 Å². The van der Waals surface area contributed by atoms with E-state index in [2.05, 4.69) is 36.9 Å². The van der Waals surface area contributed by atoms with Gasteiger partial charge in [-0.05, 0) is 48.9 Å². The highest BCUT2D eigenvalue weighted by atomic mass is 32.1. The molecule has 3 atom stereocenters. The first kappa shape index (κ1) is 22.4. The van der Waals surface area contributed by atoms with E-state index >= 15 is 0 Å². The van der Waals surface area contributed by atoms with Gasteiger partial charge in [0.25, 0.3) is 0 Å². The summed E-state index contributed by atoms with van der Waals surface area (Å²) < 4.78 is 1.78. The Bertz CT molecular complexity index is 1490. The Morgan fingerprint density at radius 3 is 2.69 bits per heavy atom. The second-order valence-corrected chi connectivity index (χ2v) is 10.4. The Morgan fingerprint density at radius 2 is 1.97 bits per heavy atom. The molecule has 1 saturated carbocycles. The number of rotatable bonds is 5. The normalized spacial score (nSPS) is 20.9. The van der Waals surface area contributed by atoms with Gasteiger partial charge in [0.1, 0.15) is 6.07 Å². The molecule has 4 aromatic rings. The number of anilines is 2. The number of fused-ring (bicyclic) bond motifs is 3. The Kier molecular flexibility index (Phi) is 5.53. The van der Waals surface area contributed by atoms with E-state index in [4.69, 9.17) is 10.2 Å². The molecule has 182 valence electrons. The van der Waals surface area contributed by atoms with Crippen LogP contribution in [-0.2, 0) is 4.79 Å². The summed E-state index contributed by atoms with van der Waals surface area (Å²) in [4.78, 5) is 18.6. The van der Waals surface area contributed by atoms with E-state index in [1.807, 2.05) is 31.4 Å². The van der Waals surface area contributed by atoms with Crippen LogP contribution in [0.3, 0.4) is 0 Å². The number of carbonyl (C=O) groups is 1. The quantitative estimate of drug-likeness (QED) is 0.429. The maximum absolute atomic E-state index is 11.6. The molecule has 1 aliphatic carbocycles. The third-order valence-corrected chi connectivity index (χ3v) is 8.20. The highest BCUT2D eigenvalue weighted by Crippen LogP contribution is 2.41. The van der Waals surface area contributed by atoms with Gasteiger partial charge in [0.15, 0.2) is 5.01 Å². The molecule has 1 aliphatic heterocycles. The maximum atomic E-state index is 11.6. The number of carbonyl (C=O) groups excluding carboxylic acids is 1. The third kappa shape index (κ3) is 3.83. The molecule has 0 aromatic carbocycles. The minimum absolute atomic E-state index is 0.0509. The minimum atomic E-state index is 0.0509. The van der Waals surface area contributed by atoms with Crippen LogP contribution in [0.5, 0.6) is 0 Å². The molecule has 2 bridgehead atoms. The Balaban J connectivity index is 1.26. The summed E-state index contributed by atoms with van der Waals surface area (Å²) in [6.07, 6.45) is 5.64. The molecule has 11 heteroatoms. The summed E-state index contributed by atoms with van der Waals surface area (Å²) in [5.74, 6) is 0.946. The van der Waals surface area contributed by atoms with Gasteiger partial charge in [-0.2, -0.15) is 10.4 Å². The van der Waals surface area contributed by atoms with Gasteiger partial charge in [0.2, 0.25) is 11.0 Å². The lowest BCUT2D eigenvalue weighted by molar-refractivity contribution is -0.120. The van der Waals surface area contributed by atoms with Crippen molar-refractivity contribution in [1.82, 2.24) is 30.1 Å². The number of amides is 1. The van der Waals surface area contributed by atoms with E-state index in [-0.39, 0.29) is 11.9 Å². The lowest BCUT2D eigenvalue weighted by Crippen LogP contribution is -2.52. The van der Waals surface area contributed by atoms with E-state index < -0.39 is 0 Å². The molecule has 4 aromatic heterocycles. The minimum Gasteiger partial charge on any atom is -0.387 e. The second kappa shape index (κ2) is 8.87.